The minimum Gasteiger partial charge on any atom is -0.493 e. The average Bonchev–Trinajstić information content (AvgIpc) is 2.59. The zero-order valence-electron chi connectivity index (χ0n) is 18.5. The van der Waals surface area contributed by atoms with Gasteiger partial charge >= 0.3 is 5.97 Å². The molecular weight excluding hydrogens is 364 g/mol. The van der Waals surface area contributed by atoms with Crippen LogP contribution in [0.2, 0.25) is 0 Å². The van der Waals surface area contributed by atoms with Gasteiger partial charge in [0.15, 0.2) is 0 Å². The molecule has 0 unspecified atom stereocenters. The van der Waals surface area contributed by atoms with Gasteiger partial charge in [-0.05, 0) is 69.4 Å². The molecule has 1 aliphatic rings. The summed E-state index contributed by atoms with van der Waals surface area (Å²) in [6.07, 6.45) is 8.99. The van der Waals surface area contributed by atoms with Gasteiger partial charge in [-0.3, -0.25) is 0 Å². The zero-order valence-corrected chi connectivity index (χ0v) is 18.5. The number of benzene rings is 1. The quantitative estimate of drug-likeness (QED) is 0.435. The van der Waals surface area contributed by atoms with Crippen LogP contribution in [0.25, 0.3) is 11.1 Å². The molecule has 0 atom stereocenters. The van der Waals surface area contributed by atoms with E-state index < -0.39 is 5.97 Å². The number of carboxylic acid groups (broad SMARTS) is 1. The van der Waals surface area contributed by atoms with E-state index in [4.69, 9.17) is 14.6 Å². The van der Waals surface area contributed by atoms with Crippen molar-refractivity contribution in [1.29, 1.82) is 0 Å². The number of aliphatic carboxylic acids is 1. The van der Waals surface area contributed by atoms with Crippen LogP contribution in [0.4, 0.5) is 0 Å². The Balaban J connectivity index is 2.52. The van der Waals surface area contributed by atoms with E-state index in [1.54, 1.807) is 13.0 Å². The lowest BCUT2D eigenvalue weighted by Gasteiger charge is -2.33. The maximum absolute atomic E-state index is 10.8. The Kier molecular flexibility index (Phi) is 7.12. The van der Waals surface area contributed by atoms with Crippen LogP contribution in [-0.2, 0) is 4.79 Å². The summed E-state index contributed by atoms with van der Waals surface area (Å²) in [4.78, 5) is 10.8. The lowest BCUT2D eigenvalue weighted by molar-refractivity contribution is -0.131. The van der Waals surface area contributed by atoms with Crippen LogP contribution in [-0.4, -0.2) is 23.3 Å². The molecule has 0 radical (unpaired) electrons. The van der Waals surface area contributed by atoms with Crippen molar-refractivity contribution in [3.63, 3.8) is 0 Å². The van der Waals surface area contributed by atoms with Crippen LogP contribution in [0.5, 0.6) is 11.5 Å². The fourth-order valence-corrected chi connectivity index (χ4v) is 3.37. The van der Waals surface area contributed by atoms with Crippen molar-refractivity contribution in [3.8, 4) is 11.5 Å². The predicted molar refractivity (Wildman–Crippen MR) is 119 cm³/mol. The molecule has 1 aromatic rings. The summed E-state index contributed by atoms with van der Waals surface area (Å²) in [5.41, 5.74) is 4.71. The highest BCUT2D eigenvalue weighted by Crippen LogP contribution is 2.44. The molecule has 1 aromatic carbocycles. The fourth-order valence-electron chi connectivity index (χ4n) is 3.37. The highest BCUT2D eigenvalue weighted by molar-refractivity contribution is 5.82. The van der Waals surface area contributed by atoms with E-state index in [9.17, 15) is 4.79 Å². The number of carbonyl (C=O) groups is 1. The number of hydrogen-bond acceptors (Lipinski definition) is 3. The summed E-state index contributed by atoms with van der Waals surface area (Å²) in [6.45, 7) is 14.8. The van der Waals surface area contributed by atoms with Gasteiger partial charge < -0.3 is 14.6 Å². The first kappa shape index (κ1) is 22.5. The van der Waals surface area contributed by atoms with Gasteiger partial charge in [0.05, 0.1) is 6.61 Å². The van der Waals surface area contributed by atoms with Crippen molar-refractivity contribution >= 4 is 17.1 Å². The predicted octanol–water partition coefficient (Wildman–Crippen LogP) is 6.29. The maximum Gasteiger partial charge on any atom is 0.328 e. The van der Waals surface area contributed by atoms with Crippen molar-refractivity contribution in [2.24, 2.45) is 5.92 Å². The Morgan fingerprint density at radius 2 is 1.97 bits per heavy atom. The van der Waals surface area contributed by atoms with Crippen LogP contribution in [0, 0.1) is 5.92 Å². The lowest BCUT2D eigenvalue weighted by Crippen LogP contribution is -2.29. The highest BCUT2D eigenvalue weighted by Gasteiger charge is 2.29. The maximum atomic E-state index is 10.8. The Hall–Kier alpha value is -2.75. The highest BCUT2D eigenvalue weighted by atomic mass is 16.5. The average molecular weight is 397 g/mol. The van der Waals surface area contributed by atoms with Crippen LogP contribution < -0.4 is 9.47 Å². The van der Waals surface area contributed by atoms with E-state index >= 15 is 0 Å². The van der Waals surface area contributed by atoms with Gasteiger partial charge in [-0.2, -0.15) is 0 Å². The summed E-state index contributed by atoms with van der Waals surface area (Å²) < 4.78 is 12.1. The van der Waals surface area contributed by atoms with Gasteiger partial charge in [0.2, 0.25) is 0 Å². The number of allylic oxidation sites excluding steroid dienone is 6. The van der Waals surface area contributed by atoms with Gasteiger partial charge in [-0.15, -0.1) is 0 Å². The third-order valence-electron chi connectivity index (χ3n) is 4.67. The largest absolute Gasteiger partial charge is 0.493 e. The molecule has 29 heavy (non-hydrogen) atoms. The minimum atomic E-state index is -0.947. The number of hydrogen-bond donors (Lipinski definition) is 1. The van der Waals surface area contributed by atoms with E-state index in [0.717, 1.165) is 28.2 Å². The van der Waals surface area contributed by atoms with Crippen molar-refractivity contribution in [2.75, 3.05) is 6.61 Å². The molecule has 0 amide bonds. The van der Waals surface area contributed by atoms with E-state index in [1.807, 2.05) is 32.1 Å². The van der Waals surface area contributed by atoms with Gasteiger partial charge in [0.1, 0.15) is 17.1 Å². The topological polar surface area (TPSA) is 55.8 Å². The summed E-state index contributed by atoms with van der Waals surface area (Å²) in [5, 5.41) is 8.83. The number of rotatable bonds is 7. The van der Waals surface area contributed by atoms with Gasteiger partial charge in [-0.1, -0.05) is 32.1 Å². The molecule has 0 saturated carbocycles. The third kappa shape index (κ3) is 5.86. The van der Waals surface area contributed by atoms with Crippen molar-refractivity contribution in [2.45, 2.75) is 54.1 Å². The van der Waals surface area contributed by atoms with E-state index in [-0.39, 0.29) is 5.60 Å². The molecule has 0 bridgehead atoms. The Bertz CT molecular complexity index is 896. The summed E-state index contributed by atoms with van der Waals surface area (Å²) in [5.74, 6) is 1.05. The molecule has 0 fully saturated rings. The summed E-state index contributed by atoms with van der Waals surface area (Å²) in [6, 6.07) is 4.13. The smallest absolute Gasteiger partial charge is 0.328 e. The minimum absolute atomic E-state index is 0.362. The second kappa shape index (κ2) is 9.17. The van der Waals surface area contributed by atoms with Gasteiger partial charge in [0.25, 0.3) is 0 Å². The summed E-state index contributed by atoms with van der Waals surface area (Å²) >= 11 is 0. The molecule has 1 N–H and O–H groups in total. The molecule has 156 valence electrons. The van der Waals surface area contributed by atoms with Gasteiger partial charge in [-0.25, -0.2) is 4.79 Å². The standard InChI is InChI=1S/C25H32O4/c1-8-28-22-14-23-20(21(16(2)3)15-25(6,7)29-23)13-19(22)18(5)11-9-10-17(4)12-24(26)27/h9-16H,8H2,1-7H3,(H,26,27)/b10-9+,17-12+,18-11-. The monoisotopic (exact) mass is 396 g/mol. The van der Waals surface area contributed by atoms with E-state index in [2.05, 4.69) is 39.8 Å². The Morgan fingerprint density at radius 3 is 2.55 bits per heavy atom. The van der Waals surface area contributed by atoms with Crippen molar-refractivity contribution in [3.05, 3.63) is 59.2 Å². The molecule has 0 spiro atoms. The SMILES string of the molecule is CCOc1cc2c(cc1\C(C)=C/C=C/C(C)=C/C(=O)O)C(C(C)C)=CC(C)(C)O2. The molecule has 2 rings (SSSR count). The normalized spacial score (nSPS) is 16.5. The van der Waals surface area contributed by atoms with Crippen LogP contribution >= 0.6 is 0 Å². The molecular formula is C25H32O4. The molecule has 1 heterocycles. The first-order chi connectivity index (χ1) is 13.5. The number of ether oxygens (including phenoxy) is 2. The fraction of sp³-hybridized carbons (Fsp3) is 0.400. The Labute approximate surface area is 174 Å². The number of fused-ring (bicyclic) bond motifs is 1. The molecule has 0 aromatic heterocycles. The van der Waals surface area contributed by atoms with Crippen molar-refractivity contribution < 1.29 is 19.4 Å². The first-order valence-corrected chi connectivity index (χ1v) is 10.0. The zero-order chi connectivity index (χ0) is 21.8. The lowest BCUT2D eigenvalue weighted by atomic mass is 9.86. The molecule has 0 aliphatic carbocycles. The summed E-state index contributed by atoms with van der Waals surface area (Å²) in [7, 11) is 0. The second-order valence-corrected chi connectivity index (χ2v) is 8.17. The molecule has 1 aliphatic heterocycles. The molecule has 4 nitrogen and oxygen atoms in total. The van der Waals surface area contributed by atoms with E-state index in [1.165, 1.54) is 11.6 Å². The number of carboxylic acids is 1. The van der Waals surface area contributed by atoms with E-state index in [0.29, 0.717) is 18.1 Å². The van der Waals surface area contributed by atoms with Crippen LogP contribution in [0.15, 0.2) is 48.1 Å². The van der Waals surface area contributed by atoms with Gasteiger partial charge in [0, 0.05) is 23.3 Å². The third-order valence-corrected chi connectivity index (χ3v) is 4.67. The molecule has 4 heteroatoms. The van der Waals surface area contributed by atoms with Crippen LogP contribution in [0.1, 0.15) is 59.6 Å². The van der Waals surface area contributed by atoms with Crippen LogP contribution in [0.3, 0.4) is 0 Å². The molecule has 0 saturated heterocycles. The first-order valence-electron chi connectivity index (χ1n) is 10.0. The Morgan fingerprint density at radius 1 is 1.28 bits per heavy atom. The van der Waals surface area contributed by atoms with Crippen molar-refractivity contribution in [1.82, 2.24) is 0 Å². The second-order valence-electron chi connectivity index (χ2n) is 8.17.